The number of nitrogen functional groups attached to an aromatic ring is 1. The molecule has 1 aromatic heterocycles. The number of anilines is 2. The monoisotopic (exact) mass is 274 g/mol. The van der Waals surface area contributed by atoms with E-state index in [0.29, 0.717) is 17.8 Å². The summed E-state index contributed by atoms with van der Waals surface area (Å²) >= 11 is 0. The van der Waals surface area contributed by atoms with Crippen molar-refractivity contribution >= 4 is 17.3 Å². The van der Waals surface area contributed by atoms with Crippen molar-refractivity contribution in [1.29, 1.82) is 0 Å². The van der Waals surface area contributed by atoms with Crippen LogP contribution >= 0.6 is 0 Å². The summed E-state index contributed by atoms with van der Waals surface area (Å²) in [5, 5.41) is 0. The first-order valence-electron chi connectivity index (χ1n) is 6.25. The van der Waals surface area contributed by atoms with Gasteiger partial charge in [-0.2, -0.15) is 0 Å². The number of ether oxygens (including phenoxy) is 1. The number of carbonyl (C=O) groups is 1. The second-order valence-electron chi connectivity index (χ2n) is 4.59. The first-order valence-corrected chi connectivity index (χ1v) is 6.25. The Balaban J connectivity index is 2.28. The number of nitrogens with two attached hydrogens (primary N) is 1. The van der Waals surface area contributed by atoms with Crippen molar-refractivity contribution in [2.45, 2.75) is 13.5 Å². The summed E-state index contributed by atoms with van der Waals surface area (Å²) in [7, 11) is 3.26. The van der Waals surface area contributed by atoms with E-state index in [1.807, 2.05) is 31.0 Å². The third-order valence-electron chi connectivity index (χ3n) is 3.27. The molecule has 1 heterocycles. The van der Waals surface area contributed by atoms with E-state index in [1.54, 1.807) is 18.4 Å². The summed E-state index contributed by atoms with van der Waals surface area (Å²) in [6.07, 6.45) is 1.66. The highest BCUT2D eigenvalue weighted by Crippen LogP contribution is 2.28. The lowest BCUT2D eigenvalue weighted by atomic mass is 10.1. The number of hydrogen-bond donors (Lipinski definition) is 1. The molecule has 0 bridgehead atoms. The maximum atomic E-state index is 11.6. The fourth-order valence-corrected chi connectivity index (χ4v) is 2.09. The van der Waals surface area contributed by atoms with Gasteiger partial charge in [-0.3, -0.25) is 0 Å². The smallest absolute Gasteiger partial charge is 0.340 e. The predicted molar refractivity (Wildman–Crippen MR) is 77.7 cm³/mol. The van der Waals surface area contributed by atoms with Crippen LogP contribution in [0.5, 0.6) is 0 Å². The van der Waals surface area contributed by atoms with Crippen molar-refractivity contribution in [3.8, 4) is 0 Å². The highest BCUT2D eigenvalue weighted by molar-refractivity contribution is 5.98. The summed E-state index contributed by atoms with van der Waals surface area (Å²) < 4.78 is 10.0. The number of nitrogens with zero attached hydrogens (tertiary/aromatic N) is 1. The van der Waals surface area contributed by atoms with Gasteiger partial charge in [0.2, 0.25) is 0 Å². The highest BCUT2D eigenvalue weighted by atomic mass is 16.5. The molecule has 0 saturated heterocycles. The number of methoxy groups -OCH3 is 1. The minimum absolute atomic E-state index is 0.376. The zero-order valence-corrected chi connectivity index (χ0v) is 11.8. The molecule has 0 unspecified atom stereocenters. The third-order valence-corrected chi connectivity index (χ3v) is 3.27. The molecule has 0 radical (unpaired) electrons. The van der Waals surface area contributed by atoms with Crippen molar-refractivity contribution in [2.24, 2.45) is 0 Å². The predicted octanol–water partition coefficient (Wildman–Crippen LogP) is 2.59. The zero-order valence-electron chi connectivity index (χ0n) is 11.8. The van der Waals surface area contributed by atoms with E-state index in [2.05, 4.69) is 0 Å². The molecule has 2 aromatic rings. The van der Waals surface area contributed by atoms with Gasteiger partial charge in [0.1, 0.15) is 5.76 Å². The van der Waals surface area contributed by atoms with Gasteiger partial charge in [-0.15, -0.1) is 0 Å². The molecule has 0 aliphatic rings. The van der Waals surface area contributed by atoms with Gasteiger partial charge >= 0.3 is 5.97 Å². The number of benzene rings is 1. The molecule has 2 rings (SSSR count). The molecule has 20 heavy (non-hydrogen) atoms. The molecule has 1 aromatic carbocycles. The lowest BCUT2D eigenvalue weighted by molar-refractivity contribution is 0.0602. The maximum absolute atomic E-state index is 11.6. The molecular formula is C15H18N2O3. The molecule has 0 fully saturated rings. The molecule has 2 N–H and O–H groups in total. The van der Waals surface area contributed by atoms with E-state index >= 15 is 0 Å². The second kappa shape index (κ2) is 5.69. The van der Waals surface area contributed by atoms with Crippen LogP contribution in [0.1, 0.15) is 21.7 Å². The van der Waals surface area contributed by atoms with E-state index in [-0.39, 0.29) is 0 Å². The molecule has 5 heteroatoms. The van der Waals surface area contributed by atoms with Crippen LogP contribution in [0, 0.1) is 6.92 Å². The molecule has 5 nitrogen and oxygen atoms in total. The molecular weight excluding hydrogens is 256 g/mol. The van der Waals surface area contributed by atoms with Gasteiger partial charge in [-0.25, -0.2) is 4.79 Å². The summed E-state index contributed by atoms with van der Waals surface area (Å²) in [5.41, 5.74) is 8.72. The van der Waals surface area contributed by atoms with E-state index < -0.39 is 5.97 Å². The van der Waals surface area contributed by atoms with Gasteiger partial charge in [0.15, 0.2) is 0 Å². The van der Waals surface area contributed by atoms with Crippen LogP contribution in [0.15, 0.2) is 34.9 Å². The number of hydrogen-bond acceptors (Lipinski definition) is 5. The van der Waals surface area contributed by atoms with Gasteiger partial charge in [0, 0.05) is 19.2 Å². The Bertz CT molecular complexity index is 619. The highest BCUT2D eigenvalue weighted by Gasteiger charge is 2.15. The quantitative estimate of drug-likeness (QED) is 0.685. The molecule has 106 valence electrons. The summed E-state index contributed by atoms with van der Waals surface area (Å²) in [6.45, 7) is 2.56. The van der Waals surface area contributed by atoms with E-state index in [9.17, 15) is 4.79 Å². The average molecular weight is 274 g/mol. The van der Waals surface area contributed by atoms with E-state index in [4.69, 9.17) is 14.9 Å². The standard InChI is InChI=1S/C15H18N2O3/c1-10-11(7-8-20-10)9-17(2)13-6-4-5-12(14(13)16)15(18)19-3/h4-8H,9,16H2,1-3H3. The minimum Gasteiger partial charge on any atom is -0.469 e. The lowest BCUT2D eigenvalue weighted by Crippen LogP contribution is -2.19. The van der Waals surface area contributed by atoms with Gasteiger partial charge in [0.05, 0.1) is 30.3 Å². The SMILES string of the molecule is COC(=O)c1cccc(N(C)Cc2ccoc2C)c1N. The molecule has 0 aliphatic heterocycles. The van der Waals surface area contributed by atoms with Crippen molar-refractivity contribution < 1.29 is 13.9 Å². The van der Waals surface area contributed by atoms with Crippen molar-refractivity contribution in [2.75, 3.05) is 24.8 Å². The number of esters is 1. The van der Waals surface area contributed by atoms with Crippen LogP contribution in [0.25, 0.3) is 0 Å². The number of rotatable bonds is 4. The van der Waals surface area contributed by atoms with Crippen LogP contribution < -0.4 is 10.6 Å². The molecule has 0 saturated carbocycles. The topological polar surface area (TPSA) is 68.7 Å². The van der Waals surface area contributed by atoms with E-state index in [1.165, 1.54) is 7.11 Å². The zero-order chi connectivity index (χ0) is 14.7. The van der Waals surface area contributed by atoms with Gasteiger partial charge < -0.3 is 19.8 Å². The Labute approximate surface area is 117 Å². The largest absolute Gasteiger partial charge is 0.469 e. The summed E-state index contributed by atoms with van der Waals surface area (Å²) in [6, 6.07) is 7.24. The number of carbonyl (C=O) groups excluding carboxylic acids is 1. The average Bonchev–Trinajstić information content (AvgIpc) is 2.83. The van der Waals surface area contributed by atoms with E-state index in [0.717, 1.165) is 17.0 Å². The molecule has 0 aliphatic carbocycles. The molecule has 0 atom stereocenters. The van der Waals surface area contributed by atoms with Crippen molar-refractivity contribution in [3.05, 3.63) is 47.4 Å². The minimum atomic E-state index is -0.433. The van der Waals surface area contributed by atoms with Crippen LogP contribution in [0.2, 0.25) is 0 Å². The first kappa shape index (κ1) is 14.0. The van der Waals surface area contributed by atoms with Crippen LogP contribution in [-0.2, 0) is 11.3 Å². The third kappa shape index (κ3) is 2.61. The summed E-state index contributed by atoms with van der Waals surface area (Å²) in [4.78, 5) is 13.6. The normalized spacial score (nSPS) is 10.3. The van der Waals surface area contributed by atoms with Crippen LogP contribution in [-0.4, -0.2) is 20.1 Å². The summed E-state index contributed by atoms with van der Waals surface area (Å²) in [5.74, 6) is 0.441. The van der Waals surface area contributed by atoms with Gasteiger partial charge in [-0.05, 0) is 25.1 Å². The van der Waals surface area contributed by atoms with Crippen LogP contribution in [0.3, 0.4) is 0 Å². The Hall–Kier alpha value is -2.43. The Morgan fingerprint density at radius 1 is 1.40 bits per heavy atom. The van der Waals surface area contributed by atoms with Crippen molar-refractivity contribution in [1.82, 2.24) is 0 Å². The number of furan rings is 1. The van der Waals surface area contributed by atoms with Gasteiger partial charge in [-0.1, -0.05) is 6.07 Å². The lowest BCUT2D eigenvalue weighted by Gasteiger charge is -2.21. The Kier molecular flexibility index (Phi) is 3.98. The molecule has 0 spiro atoms. The maximum Gasteiger partial charge on any atom is 0.340 e. The molecule has 0 amide bonds. The fraction of sp³-hybridized carbons (Fsp3) is 0.267. The first-order chi connectivity index (χ1) is 9.54. The Morgan fingerprint density at radius 2 is 2.15 bits per heavy atom. The Morgan fingerprint density at radius 3 is 2.75 bits per heavy atom. The second-order valence-corrected chi connectivity index (χ2v) is 4.59. The van der Waals surface area contributed by atoms with Crippen molar-refractivity contribution in [3.63, 3.8) is 0 Å². The number of aryl methyl sites for hydroxylation is 1. The number of para-hydroxylation sites is 1. The fourth-order valence-electron chi connectivity index (χ4n) is 2.09. The van der Waals surface area contributed by atoms with Gasteiger partial charge in [0.25, 0.3) is 0 Å². The van der Waals surface area contributed by atoms with Crippen LogP contribution in [0.4, 0.5) is 11.4 Å².